The van der Waals surface area contributed by atoms with Crippen molar-refractivity contribution < 1.29 is 37.6 Å². The van der Waals surface area contributed by atoms with Gasteiger partial charge < -0.3 is 20.1 Å². The lowest BCUT2D eigenvalue weighted by atomic mass is 10.0. The number of phosphoric ester groups is 1. The van der Waals surface area contributed by atoms with Crippen LogP contribution in [0.2, 0.25) is 0 Å². The van der Waals surface area contributed by atoms with Gasteiger partial charge in [-0.3, -0.25) is 18.6 Å². The van der Waals surface area contributed by atoms with Crippen molar-refractivity contribution >= 4 is 19.8 Å². The topological polar surface area (TPSA) is 134 Å². The van der Waals surface area contributed by atoms with E-state index in [9.17, 15) is 19.0 Å². The van der Waals surface area contributed by atoms with E-state index < -0.39 is 32.5 Å². The molecule has 448 valence electrons. The fraction of sp³-hybridized carbons (Fsp3) is 0.623. The second-order valence-corrected chi connectivity index (χ2v) is 21.6. The number of carbonyl (C=O) groups excluding carboxylic acids is 2. The molecule has 0 aliphatic carbocycles. The molecule has 0 fully saturated rings. The Labute approximate surface area is 484 Å². The first-order valence-electron chi connectivity index (χ1n) is 31.3. The van der Waals surface area contributed by atoms with Gasteiger partial charge in [-0.1, -0.05) is 256 Å². The summed E-state index contributed by atoms with van der Waals surface area (Å²) in [5.74, 6) is -0.866. The molecule has 0 aromatic rings. The van der Waals surface area contributed by atoms with Crippen molar-refractivity contribution in [2.24, 2.45) is 5.73 Å². The lowest BCUT2D eigenvalue weighted by Crippen LogP contribution is -2.29. The molecule has 10 heteroatoms. The first-order chi connectivity index (χ1) is 38.8. The molecule has 2 unspecified atom stereocenters. The van der Waals surface area contributed by atoms with E-state index in [2.05, 4.69) is 160 Å². The molecule has 2 atom stereocenters. The van der Waals surface area contributed by atoms with E-state index in [0.29, 0.717) is 6.42 Å². The van der Waals surface area contributed by atoms with Gasteiger partial charge in [0.25, 0.3) is 0 Å². The highest BCUT2D eigenvalue weighted by Gasteiger charge is 2.26. The molecule has 0 saturated carbocycles. The van der Waals surface area contributed by atoms with Crippen LogP contribution in [0.1, 0.15) is 245 Å². The molecule has 0 aliphatic rings. The zero-order valence-corrected chi connectivity index (χ0v) is 50.9. The number of nitrogens with two attached hydrogens (primary N) is 1. The summed E-state index contributed by atoms with van der Waals surface area (Å²) in [7, 11) is -4.41. The van der Waals surface area contributed by atoms with Crippen molar-refractivity contribution in [3.8, 4) is 0 Å². The van der Waals surface area contributed by atoms with E-state index in [-0.39, 0.29) is 32.6 Å². The Bertz CT molecular complexity index is 1800. The van der Waals surface area contributed by atoms with Crippen LogP contribution in [0.15, 0.2) is 146 Å². The van der Waals surface area contributed by atoms with Crippen molar-refractivity contribution in [3.63, 3.8) is 0 Å². The summed E-state index contributed by atoms with van der Waals surface area (Å²) in [6.45, 7) is 3.58. The number of unbranched alkanes of at least 4 members (excludes halogenated alkanes) is 20. The van der Waals surface area contributed by atoms with Gasteiger partial charge in [0.05, 0.1) is 13.2 Å². The van der Waals surface area contributed by atoms with Crippen LogP contribution in [0.5, 0.6) is 0 Å². The number of allylic oxidation sites excluding steroid dienone is 24. The van der Waals surface area contributed by atoms with Crippen molar-refractivity contribution in [1.82, 2.24) is 0 Å². The molecule has 0 heterocycles. The van der Waals surface area contributed by atoms with Crippen molar-refractivity contribution in [3.05, 3.63) is 146 Å². The lowest BCUT2D eigenvalue weighted by molar-refractivity contribution is -0.161. The largest absolute Gasteiger partial charge is 0.472 e. The molecule has 0 aromatic carbocycles. The maximum Gasteiger partial charge on any atom is 0.472 e. The summed E-state index contributed by atoms with van der Waals surface area (Å²) in [6, 6.07) is 0. The SMILES string of the molecule is CC/C=C\C/C=C\C/C=C\C/C=C\C/C=C\C/C=C\C/C=C\C/C=C\C/C=C\C/C=C\CCCCCCC(=O)OC(COC(=O)CCCCCCCCCCCCC/C=C\C/C=C\CCCCCCC)COP(=O)(O)OCCN. The van der Waals surface area contributed by atoms with Gasteiger partial charge in [-0.15, -0.1) is 0 Å². The molecule has 0 amide bonds. The third kappa shape index (κ3) is 62.9. The van der Waals surface area contributed by atoms with Gasteiger partial charge in [0.2, 0.25) is 0 Å². The molecule has 0 saturated heterocycles. The van der Waals surface area contributed by atoms with Crippen LogP contribution < -0.4 is 5.73 Å². The van der Waals surface area contributed by atoms with Gasteiger partial charge >= 0.3 is 19.8 Å². The molecule has 0 rings (SSSR count). The maximum absolute atomic E-state index is 12.7. The molecule has 0 radical (unpaired) electrons. The first kappa shape index (κ1) is 74.9. The minimum Gasteiger partial charge on any atom is -0.462 e. The van der Waals surface area contributed by atoms with E-state index in [1.165, 1.54) is 89.9 Å². The number of ether oxygens (including phenoxy) is 2. The Balaban J connectivity index is 4.07. The Morgan fingerprint density at radius 1 is 0.392 bits per heavy atom. The normalized spacial score (nSPS) is 14.0. The van der Waals surface area contributed by atoms with Crippen LogP contribution in [0.3, 0.4) is 0 Å². The highest BCUT2D eigenvalue weighted by Crippen LogP contribution is 2.43. The van der Waals surface area contributed by atoms with Crippen LogP contribution >= 0.6 is 7.82 Å². The monoisotopic (exact) mass is 1120 g/mol. The summed E-state index contributed by atoms with van der Waals surface area (Å²) in [5.41, 5.74) is 5.39. The Morgan fingerprint density at radius 2 is 0.696 bits per heavy atom. The molecule has 0 spiro atoms. The second-order valence-electron chi connectivity index (χ2n) is 20.2. The van der Waals surface area contributed by atoms with E-state index in [1.54, 1.807) is 0 Å². The predicted octanol–water partition coefficient (Wildman–Crippen LogP) is 20.3. The summed E-state index contributed by atoms with van der Waals surface area (Å²) in [5, 5.41) is 0. The van der Waals surface area contributed by atoms with Crippen molar-refractivity contribution in [1.29, 1.82) is 0 Å². The molecule has 3 N–H and O–H groups in total. The molecule has 0 aromatic heterocycles. The van der Waals surface area contributed by atoms with Crippen LogP contribution in [0.25, 0.3) is 0 Å². The average Bonchev–Trinajstić information content (AvgIpc) is 3.44. The van der Waals surface area contributed by atoms with E-state index in [1.807, 2.05) is 0 Å². The number of phosphoric acid groups is 1. The molecule has 0 bridgehead atoms. The number of hydrogen-bond acceptors (Lipinski definition) is 8. The van der Waals surface area contributed by atoms with Crippen LogP contribution in [0.4, 0.5) is 0 Å². The number of carbonyl (C=O) groups is 2. The van der Waals surface area contributed by atoms with Crippen molar-refractivity contribution in [2.75, 3.05) is 26.4 Å². The third-order valence-electron chi connectivity index (χ3n) is 12.7. The molecule has 79 heavy (non-hydrogen) atoms. The summed E-state index contributed by atoms with van der Waals surface area (Å²) >= 11 is 0. The summed E-state index contributed by atoms with van der Waals surface area (Å²) in [4.78, 5) is 35.2. The summed E-state index contributed by atoms with van der Waals surface area (Å²) < 4.78 is 33.1. The van der Waals surface area contributed by atoms with Gasteiger partial charge in [-0.25, -0.2) is 4.57 Å². The predicted molar refractivity (Wildman–Crippen MR) is 339 cm³/mol. The van der Waals surface area contributed by atoms with E-state index in [0.717, 1.165) is 122 Å². The standard InChI is InChI=1S/C69H114NO8P/c1-3-5-7-9-11-13-15-17-19-21-23-25-27-28-29-30-31-32-33-34-35-36-37-38-40-42-44-46-48-50-52-54-56-58-60-62-69(72)78-67(66-77-79(73,74)76-64-63-70)65-75-68(71)61-59-57-55-53-51-49-47-45-43-41-39-26-24-22-20-18-16-14-12-10-8-6-4-2/h5,7,11,13,16-19,22-25,28-29,31-32,34-35,37-38,42,44,48,50,67H,3-4,6,8-10,12,14-15,20-21,26-27,30,33,36,39-41,43,45-47,49,51-66,70H2,1-2H3,(H,73,74)/b7-5-,13-11-,18-16-,19-17-,24-22-,25-23-,29-28-,32-31-,35-34-,38-37-,44-42-,50-48-. The molecular formula is C69H114NO8P. The fourth-order valence-corrected chi connectivity index (χ4v) is 8.87. The molecule has 9 nitrogen and oxygen atoms in total. The highest BCUT2D eigenvalue weighted by atomic mass is 31.2. The van der Waals surface area contributed by atoms with E-state index >= 15 is 0 Å². The third-order valence-corrected chi connectivity index (χ3v) is 13.7. The van der Waals surface area contributed by atoms with Crippen LogP contribution in [0, 0.1) is 0 Å². The van der Waals surface area contributed by atoms with Gasteiger partial charge in [0, 0.05) is 19.4 Å². The Morgan fingerprint density at radius 3 is 1.04 bits per heavy atom. The zero-order chi connectivity index (χ0) is 57.3. The first-order valence-corrected chi connectivity index (χ1v) is 32.8. The van der Waals surface area contributed by atoms with Crippen LogP contribution in [-0.4, -0.2) is 49.3 Å². The minimum absolute atomic E-state index is 0.0411. The summed E-state index contributed by atoms with van der Waals surface area (Å²) in [6.07, 6.45) is 90.5. The Kier molecular flexibility index (Phi) is 59.8. The zero-order valence-electron chi connectivity index (χ0n) is 50.0. The second kappa shape index (κ2) is 63.1. The minimum atomic E-state index is -4.41. The smallest absolute Gasteiger partial charge is 0.462 e. The van der Waals surface area contributed by atoms with E-state index in [4.69, 9.17) is 24.3 Å². The fourth-order valence-electron chi connectivity index (χ4n) is 8.11. The number of rotatable bonds is 57. The number of hydrogen-bond donors (Lipinski definition) is 2. The molecule has 0 aliphatic heterocycles. The van der Waals surface area contributed by atoms with Crippen LogP contribution in [-0.2, 0) is 32.7 Å². The Hall–Kier alpha value is -4.11. The van der Waals surface area contributed by atoms with Gasteiger partial charge in [-0.2, -0.15) is 0 Å². The maximum atomic E-state index is 12.7. The van der Waals surface area contributed by atoms with Crippen molar-refractivity contribution in [2.45, 2.75) is 251 Å². The highest BCUT2D eigenvalue weighted by molar-refractivity contribution is 7.47. The average molecular weight is 1120 g/mol. The van der Waals surface area contributed by atoms with Gasteiger partial charge in [0.1, 0.15) is 6.61 Å². The quantitative estimate of drug-likeness (QED) is 0.0264. The number of esters is 2. The van der Waals surface area contributed by atoms with Gasteiger partial charge in [0.15, 0.2) is 6.10 Å². The molecular weight excluding hydrogens is 1000 g/mol. The lowest BCUT2D eigenvalue weighted by Gasteiger charge is -2.19. The van der Waals surface area contributed by atoms with Gasteiger partial charge in [-0.05, 0) is 122 Å².